The van der Waals surface area contributed by atoms with Crippen LogP contribution in [0.4, 0.5) is 10.8 Å². The maximum absolute atomic E-state index is 12.2. The quantitative estimate of drug-likeness (QED) is 0.490. The molecule has 30 heavy (non-hydrogen) atoms. The van der Waals surface area contributed by atoms with E-state index in [4.69, 9.17) is 14.5 Å². The summed E-state index contributed by atoms with van der Waals surface area (Å²) in [5.41, 5.74) is 2.88. The molecule has 0 fully saturated rings. The molecule has 0 radical (unpaired) electrons. The molecule has 1 amide bonds. The summed E-state index contributed by atoms with van der Waals surface area (Å²) in [7, 11) is 3.69. The van der Waals surface area contributed by atoms with Crippen molar-refractivity contribution in [3.63, 3.8) is 0 Å². The van der Waals surface area contributed by atoms with Gasteiger partial charge in [0.1, 0.15) is 0 Å². The van der Waals surface area contributed by atoms with Gasteiger partial charge < -0.3 is 9.47 Å². The Morgan fingerprint density at radius 1 is 1.10 bits per heavy atom. The van der Waals surface area contributed by atoms with E-state index in [1.54, 1.807) is 18.9 Å². The fraction of sp³-hybridized carbons (Fsp3) is 0.304. The Kier molecular flexibility index (Phi) is 7.43. The van der Waals surface area contributed by atoms with Crippen LogP contribution in [0.15, 0.2) is 53.9 Å². The maximum Gasteiger partial charge on any atom is 0.230 e. The minimum absolute atomic E-state index is 0.0584. The minimum Gasteiger partial charge on any atom is -0.493 e. The lowest BCUT2D eigenvalue weighted by molar-refractivity contribution is -0.115. The molecule has 158 valence electrons. The van der Waals surface area contributed by atoms with Crippen LogP contribution in [0.25, 0.3) is 0 Å². The zero-order chi connectivity index (χ0) is 21.5. The Hall–Kier alpha value is -2.90. The summed E-state index contributed by atoms with van der Waals surface area (Å²) >= 11 is 1.47. The van der Waals surface area contributed by atoms with Gasteiger partial charge in [-0.1, -0.05) is 24.3 Å². The first kappa shape index (κ1) is 21.8. The monoisotopic (exact) mass is 425 g/mol. The van der Waals surface area contributed by atoms with E-state index in [-0.39, 0.29) is 5.91 Å². The van der Waals surface area contributed by atoms with Crippen molar-refractivity contribution < 1.29 is 14.3 Å². The normalized spacial score (nSPS) is 10.8. The first-order chi connectivity index (χ1) is 14.5. The highest BCUT2D eigenvalue weighted by Gasteiger charge is 2.18. The number of amides is 1. The molecule has 0 saturated heterocycles. The number of methoxy groups -OCH3 is 1. The predicted molar refractivity (Wildman–Crippen MR) is 121 cm³/mol. The number of aromatic nitrogens is 1. The fourth-order valence-electron chi connectivity index (χ4n) is 3.20. The van der Waals surface area contributed by atoms with Crippen LogP contribution in [0.3, 0.4) is 0 Å². The number of hydrogen-bond donors (Lipinski definition) is 0. The van der Waals surface area contributed by atoms with Gasteiger partial charge in [0.05, 0.1) is 25.1 Å². The SMILES string of the molecule is CCOc1ccc(CN(C)Cc2csc(N(C(C)=O)c3ccccc3)n2)cc1OC. The predicted octanol–water partition coefficient (Wildman–Crippen LogP) is 4.87. The first-order valence-corrected chi connectivity index (χ1v) is 10.7. The number of thiazole rings is 1. The minimum atomic E-state index is -0.0584. The van der Waals surface area contributed by atoms with Crippen molar-refractivity contribution in [2.75, 3.05) is 25.7 Å². The van der Waals surface area contributed by atoms with Crippen LogP contribution >= 0.6 is 11.3 Å². The van der Waals surface area contributed by atoms with Crippen molar-refractivity contribution in [1.82, 2.24) is 9.88 Å². The highest BCUT2D eigenvalue weighted by molar-refractivity contribution is 7.14. The van der Waals surface area contributed by atoms with Crippen LogP contribution in [0.1, 0.15) is 25.1 Å². The number of rotatable bonds is 9. The molecule has 0 spiro atoms. The van der Waals surface area contributed by atoms with Gasteiger partial charge >= 0.3 is 0 Å². The average Bonchev–Trinajstić information content (AvgIpc) is 3.17. The second-order valence-electron chi connectivity index (χ2n) is 6.90. The lowest BCUT2D eigenvalue weighted by Gasteiger charge is -2.18. The second kappa shape index (κ2) is 10.2. The highest BCUT2D eigenvalue weighted by atomic mass is 32.1. The van der Waals surface area contributed by atoms with Crippen molar-refractivity contribution in [2.24, 2.45) is 0 Å². The Bertz CT molecular complexity index is 975. The van der Waals surface area contributed by atoms with Gasteiger partial charge in [0.15, 0.2) is 16.6 Å². The van der Waals surface area contributed by atoms with Gasteiger partial charge in [-0.05, 0) is 43.8 Å². The molecule has 3 aromatic rings. The molecular weight excluding hydrogens is 398 g/mol. The van der Waals surface area contributed by atoms with Gasteiger partial charge in [-0.15, -0.1) is 11.3 Å². The standard InChI is InChI=1S/C23H27N3O3S/c1-5-29-21-12-11-18(13-22(21)28-4)14-25(3)15-19-16-30-23(24-19)26(17(2)27)20-9-7-6-8-10-20/h6-13,16H,5,14-15H2,1-4H3. The van der Waals surface area contributed by atoms with Crippen molar-refractivity contribution in [3.05, 3.63) is 65.2 Å². The van der Waals surface area contributed by atoms with Gasteiger partial charge in [0, 0.05) is 25.4 Å². The largest absolute Gasteiger partial charge is 0.493 e. The lowest BCUT2D eigenvalue weighted by atomic mass is 10.2. The van der Waals surface area contributed by atoms with E-state index in [1.807, 2.05) is 67.9 Å². The summed E-state index contributed by atoms with van der Waals surface area (Å²) in [6.45, 7) is 5.52. The third-order valence-corrected chi connectivity index (χ3v) is 5.35. The smallest absolute Gasteiger partial charge is 0.230 e. The number of hydrogen-bond acceptors (Lipinski definition) is 6. The number of anilines is 2. The number of carbonyl (C=O) groups is 1. The Morgan fingerprint density at radius 3 is 2.53 bits per heavy atom. The molecule has 2 aromatic carbocycles. The number of benzene rings is 2. The molecule has 6 nitrogen and oxygen atoms in total. The zero-order valence-corrected chi connectivity index (χ0v) is 18.6. The zero-order valence-electron chi connectivity index (χ0n) is 17.8. The van der Waals surface area contributed by atoms with E-state index >= 15 is 0 Å². The van der Waals surface area contributed by atoms with E-state index in [9.17, 15) is 4.79 Å². The maximum atomic E-state index is 12.2. The Morgan fingerprint density at radius 2 is 1.87 bits per heavy atom. The Labute approximate surface area is 181 Å². The summed E-state index contributed by atoms with van der Waals surface area (Å²) in [6, 6.07) is 15.6. The van der Waals surface area contributed by atoms with Crippen LogP contribution in [0, 0.1) is 0 Å². The molecule has 1 aromatic heterocycles. The third-order valence-electron chi connectivity index (χ3n) is 4.47. The van der Waals surface area contributed by atoms with Gasteiger partial charge in [-0.25, -0.2) is 4.98 Å². The molecule has 0 aliphatic carbocycles. The average molecular weight is 426 g/mol. The van der Waals surface area contributed by atoms with Gasteiger partial charge in [-0.3, -0.25) is 14.6 Å². The highest BCUT2D eigenvalue weighted by Crippen LogP contribution is 2.30. The molecular formula is C23H27N3O3S. The van der Waals surface area contributed by atoms with Crippen molar-refractivity contribution >= 4 is 28.1 Å². The molecule has 1 heterocycles. The first-order valence-electron chi connectivity index (χ1n) is 9.80. The second-order valence-corrected chi connectivity index (χ2v) is 7.74. The molecule has 0 aliphatic rings. The van der Waals surface area contributed by atoms with Gasteiger partial charge in [0.25, 0.3) is 0 Å². The number of nitrogens with zero attached hydrogens (tertiary/aromatic N) is 3. The molecule has 0 unspecified atom stereocenters. The summed E-state index contributed by atoms with van der Waals surface area (Å²) in [4.78, 5) is 20.7. The van der Waals surface area contributed by atoms with Crippen LogP contribution in [0.5, 0.6) is 11.5 Å². The van der Waals surface area contributed by atoms with Crippen LogP contribution < -0.4 is 14.4 Å². The van der Waals surface area contributed by atoms with E-state index < -0.39 is 0 Å². The molecule has 3 rings (SSSR count). The summed E-state index contributed by atoms with van der Waals surface area (Å²) in [5.74, 6) is 1.43. The summed E-state index contributed by atoms with van der Waals surface area (Å²) < 4.78 is 11.0. The molecule has 7 heteroatoms. The third kappa shape index (κ3) is 5.37. The molecule has 0 saturated carbocycles. The van der Waals surface area contributed by atoms with E-state index in [0.29, 0.717) is 18.3 Å². The van der Waals surface area contributed by atoms with Gasteiger partial charge in [-0.2, -0.15) is 0 Å². The van der Waals surface area contributed by atoms with Crippen molar-refractivity contribution in [1.29, 1.82) is 0 Å². The fourth-order valence-corrected chi connectivity index (χ4v) is 4.08. The topological polar surface area (TPSA) is 54.9 Å². The molecule has 0 aliphatic heterocycles. The number of ether oxygens (including phenoxy) is 2. The van der Waals surface area contributed by atoms with Crippen molar-refractivity contribution in [3.8, 4) is 11.5 Å². The van der Waals surface area contributed by atoms with Crippen molar-refractivity contribution in [2.45, 2.75) is 26.9 Å². The molecule has 0 N–H and O–H groups in total. The van der Waals surface area contributed by atoms with Crippen LogP contribution in [-0.2, 0) is 17.9 Å². The number of para-hydroxylation sites is 1. The van der Waals surface area contributed by atoms with E-state index in [1.165, 1.54) is 11.3 Å². The molecule has 0 atom stereocenters. The number of carbonyl (C=O) groups excluding carboxylic acids is 1. The summed E-state index contributed by atoms with van der Waals surface area (Å²) in [5, 5.41) is 2.68. The molecule has 0 bridgehead atoms. The van der Waals surface area contributed by atoms with Gasteiger partial charge in [0.2, 0.25) is 5.91 Å². The van der Waals surface area contributed by atoms with Crippen LogP contribution in [-0.4, -0.2) is 36.6 Å². The Balaban J connectivity index is 1.69. The lowest BCUT2D eigenvalue weighted by Crippen LogP contribution is -2.23. The summed E-state index contributed by atoms with van der Waals surface area (Å²) in [6.07, 6.45) is 0. The van der Waals surface area contributed by atoms with E-state index in [0.717, 1.165) is 35.0 Å². The van der Waals surface area contributed by atoms with Crippen LogP contribution in [0.2, 0.25) is 0 Å². The van der Waals surface area contributed by atoms with E-state index in [2.05, 4.69) is 4.90 Å².